The van der Waals surface area contributed by atoms with Gasteiger partial charge in [-0.2, -0.15) is 0 Å². The number of hydrogen-bond donors (Lipinski definition) is 2. The van der Waals surface area contributed by atoms with Crippen molar-refractivity contribution < 1.29 is 18.0 Å². The van der Waals surface area contributed by atoms with Gasteiger partial charge in [-0.1, -0.05) is 18.2 Å². The standard InChI is InChI=1S/C19H21N3O4S/c1-27(25,26)16-10-8-15(9-11-16)19(24)21-20-18(23)13-22-12-4-6-14-5-2-3-7-17(14)22/h2-3,5,7-11H,4,6,12-13H2,1H3,(H,20,23)(H,21,24). The van der Waals surface area contributed by atoms with E-state index < -0.39 is 15.7 Å². The molecule has 3 rings (SSSR count). The van der Waals surface area contributed by atoms with Gasteiger partial charge in [0.15, 0.2) is 9.84 Å². The van der Waals surface area contributed by atoms with Crippen molar-refractivity contribution >= 4 is 27.3 Å². The molecule has 142 valence electrons. The van der Waals surface area contributed by atoms with Crippen LogP contribution in [0.2, 0.25) is 0 Å². The van der Waals surface area contributed by atoms with E-state index >= 15 is 0 Å². The van der Waals surface area contributed by atoms with E-state index in [1.54, 1.807) is 0 Å². The molecule has 27 heavy (non-hydrogen) atoms. The SMILES string of the molecule is CS(=O)(=O)c1ccc(C(=O)NNC(=O)CN2CCCc3ccccc32)cc1. The van der Waals surface area contributed by atoms with Gasteiger partial charge in [0, 0.05) is 24.1 Å². The third-order valence-corrected chi connectivity index (χ3v) is 5.53. The Morgan fingerprint density at radius 1 is 1.04 bits per heavy atom. The normalized spacial score (nSPS) is 13.6. The van der Waals surface area contributed by atoms with Crippen LogP contribution in [0, 0.1) is 0 Å². The molecule has 1 heterocycles. The summed E-state index contributed by atoms with van der Waals surface area (Å²) in [6, 6.07) is 13.5. The fourth-order valence-electron chi connectivity index (χ4n) is 3.04. The zero-order valence-corrected chi connectivity index (χ0v) is 15.8. The monoisotopic (exact) mass is 387 g/mol. The Hall–Kier alpha value is -2.87. The fourth-order valence-corrected chi connectivity index (χ4v) is 3.67. The Morgan fingerprint density at radius 3 is 2.44 bits per heavy atom. The predicted molar refractivity (Wildman–Crippen MR) is 102 cm³/mol. The van der Waals surface area contributed by atoms with E-state index in [-0.39, 0.29) is 22.9 Å². The lowest BCUT2D eigenvalue weighted by atomic mass is 10.0. The summed E-state index contributed by atoms with van der Waals surface area (Å²) in [6.07, 6.45) is 3.07. The Kier molecular flexibility index (Phi) is 5.46. The van der Waals surface area contributed by atoms with E-state index in [0.717, 1.165) is 31.3 Å². The number of fused-ring (bicyclic) bond motifs is 1. The molecule has 0 spiro atoms. The number of nitrogens with one attached hydrogen (secondary N) is 2. The van der Waals surface area contributed by atoms with Crippen LogP contribution in [0.15, 0.2) is 53.4 Å². The maximum absolute atomic E-state index is 12.2. The number of aryl methyl sites for hydroxylation is 1. The molecular weight excluding hydrogens is 366 g/mol. The van der Waals surface area contributed by atoms with Gasteiger partial charge >= 0.3 is 0 Å². The van der Waals surface area contributed by atoms with Crippen molar-refractivity contribution in [3.05, 3.63) is 59.7 Å². The summed E-state index contributed by atoms with van der Waals surface area (Å²) < 4.78 is 22.9. The van der Waals surface area contributed by atoms with Gasteiger partial charge in [-0.3, -0.25) is 20.4 Å². The van der Waals surface area contributed by atoms with Crippen molar-refractivity contribution in [2.24, 2.45) is 0 Å². The Labute approximate surface area is 158 Å². The largest absolute Gasteiger partial charge is 0.362 e. The predicted octanol–water partition coefficient (Wildman–Crippen LogP) is 1.30. The van der Waals surface area contributed by atoms with Crippen LogP contribution >= 0.6 is 0 Å². The molecule has 0 aliphatic carbocycles. The number of sulfone groups is 1. The fraction of sp³-hybridized carbons (Fsp3) is 0.263. The summed E-state index contributed by atoms with van der Waals surface area (Å²) >= 11 is 0. The second-order valence-electron chi connectivity index (χ2n) is 6.45. The van der Waals surface area contributed by atoms with Crippen LogP contribution in [0.3, 0.4) is 0 Å². The van der Waals surface area contributed by atoms with Gasteiger partial charge in [0.1, 0.15) is 0 Å². The highest BCUT2D eigenvalue weighted by Gasteiger charge is 2.19. The van der Waals surface area contributed by atoms with E-state index in [0.29, 0.717) is 0 Å². The smallest absolute Gasteiger partial charge is 0.269 e. The summed E-state index contributed by atoms with van der Waals surface area (Å²) in [7, 11) is -3.32. The molecule has 2 aromatic rings. The van der Waals surface area contributed by atoms with Gasteiger partial charge in [-0.05, 0) is 48.7 Å². The van der Waals surface area contributed by atoms with E-state index in [9.17, 15) is 18.0 Å². The number of hydrogen-bond acceptors (Lipinski definition) is 5. The number of para-hydroxylation sites is 1. The average Bonchev–Trinajstić information content (AvgIpc) is 2.66. The Bertz CT molecular complexity index is 955. The van der Waals surface area contributed by atoms with Gasteiger partial charge < -0.3 is 4.90 Å². The summed E-state index contributed by atoms with van der Waals surface area (Å²) in [5.41, 5.74) is 7.27. The molecule has 2 amide bonds. The highest BCUT2D eigenvalue weighted by atomic mass is 32.2. The average molecular weight is 387 g/mol. The van der Waals surface area contributed by atoms with Crippen molar-refractivity contribution in [2.45, 2.75) is 17.7 Å². The first-order chi connectivity index (χ1) is 12.8. The van der Waals surface area contributed by atoms with Gasteiger partial charge in [-0.25, -0.2) is 8.42 Å². The van der Waals surface area contributed by atoms with Gasteiger partial charge in [0.2, 0.25) is 0 Å². The quantitative estimate of drug-likeness (QED) is 0.771. The van der Waals surface area contributed by atoms with E-state index in [2.05, 4.69) is 16.9 Å². The number of nitrogens with zero attached hydrogens (tertiary/aromatic N) is 1. The molecule has 0 unspecified atom stereocenters. The van der Waals surface area contributed by atoms with E-state index in [4.69, 9.17) is 0 Å². The number of anilines is 1. The molecule has 1 aliphatic rings. The Balaban J connectivity index is 1.56. The lowest BCUT2D eigenvalue weighted by molar-refractivity contribution is -0.120. The van der Waals surface area contributed by atoms with Crippen LogP contribution in [0.25, 0.3) is 0 Å². The molecule has 1 aliphatic heterocycles. The number of amides is 2. The lowest BCUT2D eigenvalue weighted by Crippen LogP contribution is -2.47. The third kappa shape index (κ3) is 4.65. The highest BCUT2D eigenvalue weighted by molar-refractivity contribution is 7.90. The van der Waals surface area contributed by atoms with Gasteiger partial charge in [-0.15, -0.1) is 0 Å². The van der Waals surface area contributed by atoms with Crippen molar-refractivity contribution in [1.29, 1.82) is 0 Å². The summed E-state index contributed by atoms with van der Waals surface area (Å²) in [5, 5.41) is 0. The van der Waals surface area contributed by atoms with Crippen LogP contribution in [0.1, 0.15) is 22.3 Å². The van der Waals surface area contributed by atoms with Crippen molar-refractivity contribution in [2.75, 3.05) is 24.2 Å². The summed E-state index contributed by atoms with van der Waals surface area (Å²) in [4.78, 5) is 26.4. The van der Waals surface area contributed by atoms with Crippen LogP contribution in [0.4, 0.5) is 5.69 Å². The second kappa shape index (κ2) is 7.79. The first kappa shape index (κ1) is 18.9. The molecule has 0 atom stereocenters. The van der Waals surface area contributed by atoms with E-state index in [1.165, 1.54) is 29.8 Å². The van der Waals surface area contributed by atoms with Gasteiger partial charge in [0.25, 0.3) is 11.8 Å². The zero-order valence-electron chi connectivity index (χ0n) is 14.9. The molecule has 7 nitrogen and oxygen atoms in total. The minimum Gasteiger partial charge on any atom is -0.362 e. The molecule has 0 aromatic heterocycles. The molecule has 2 N–H and O–H groups in total. The second-order valence-corrected chi connectivity index (χ2v) is 8.47. The molecule has 0 saturated carbocycles. The summed E-state index contributed by atoms with van der Waals surface area (Å²) in [6.45, 7) is 0.926. The van der Waals surface area contributed by atoms with Crippen molar-refractivity contribution in [1.82, 2.24) is 10.9 Å². The Morgan fingerprint density at radius 2 is 1.74 bits per heavy atom. The number of carbonyl (C=O) groups excluding carboxylic acids is 2. The molecular formula is C19H21N3O4S. The van der Waals surface area contributed by atoms with E-state index in [1.807, 2.05) is 23.1 Å². The van der Waals surface area contributed by atoms with Crippen molar-refractivity contribution in [3.63, 3.8) is 0 Å². The molecule has 2 aromatic carbocycles. The highest BCUT2D eigenvalue weighted by Crippen LogP contribution is 2.26. The zero-order chi connectivity index (χ0) is 19.4. The first-order valence-corrected chi connectivity index (χ1v) is 10.5. The molecule has 0 fully saturated rings. The molecule has 0 bridgehead atoms. The van der Waals surface area contributed by atoms with Crippen molar-refractivity contribution in [3.8, 4) is 0 Å². The lowest BCUT2D eigenvalue weighted by Gasteiger charge is -2.30. The topological polar surface area (TPSA) is 95.6 Å². The minimum atomic E-state index is -3.32. The van der Waals surface area contributed by atoms with Crippen LogP contribution in [-0.2, 0) is 21.1 Å². The van der Waals surface area contributed by atoms with Gasteiger partial charge in [0.05, 0.1) is 11.4 Å². The molecule has 0 radical (unpaired) electrons. The number of carbonyl (C=O) groups is 2. The molecule has 0 saturated heterocycles. The number of benzene rings is 2. The third-order valence-electron chi connectivity index (χ3n) is 4.40. The van der Waals surface area contributed by atoms with Crippen LogP contribution < -0.4 is 15.8 Å². The first-order valence-electron chi connectivity index (χ1n) is 8.57. The van der Waals surface area contributed by atoms with Crippen LogP contribution in [0.5, 0.6) is 0 Å². The van der Waals surface area contributed by atoms with Crippen LogP contribution in [-0.4, -0.2) is 39.6 Å². The minimum absolute atomic E-state index is 0.131. The summed E-state index contributed by atoms with van der Waals surface area (Å²) in [5.74, 6) is -0.838. The maximum Gasteiger partial charge on any atom is 0.269 e. The molecule has 8 heteroatoms. The maximum atomic E-state index is 12.2. The number of hydrazine groups is 1. The number of rotatable bonds is 4.